The molecular weight excluding hydrogens is 248 g/mol. The Labute approximate surface area is 112 Å². The first-order valence-corrected chi connectivity index (χ1v) is 6.46. The molecule has 0 aliphatic carbocycles. The first kappa shape index (κ1) is 13.4. The number of nitrogens with zero attached hydrogens (tertiary/aromatic N) is 2. The normalized spacial score (nSPS) is 14.2. The van der Waals surface area contributed by atoms with Gasteiger partial charge in [0.05, 0.1) is 22.5 Å². The monoisotopic (exact) mass is 266 g/mol. The van der Waals surface area contributed by atoms with Crippen LogP contribution in [0.15, 0.2) is 12.3 Å². The first-order valence-electron chi connectivity index (χ1n) is 6.08. The van der Waals surface area contributed by atoms with Gasteiger partial charge < -0.3 is 5.11 Å². The van der Waals surface area contributed by atoms with Crippen LogP contribution in [0.3, 0.4) is 0 Å². The van der Waals surface area contributed by atoms with Gasteiger partial charge in [0, 0.05) is 11.6 Å². The number of hydrogen-bond donors (Lipinski definition) is 1. The van der Waals surface area contributed by atoms with Crippen molar-refractivity contribution >= 4 is 17.2 Å². The van der Waals surface area contributed by atoms with E-state index in [-0.39, 0.29) is 5.41 Å². The lowest BCUT2D eigenvalue weighted by Crippen LogP contribution is -2.16. The second-order valence-electron chi connectivity index (χ2n) is 5.81. The zero-order valence-corrected chi connectivity index (χ0v) is 12.2. The van der Waals surface area contributed by atoms with Crippen molar-refractivity contribution in [2.45, 2.75) is 46.1 Å². The molecule has 2 aromatic rings. The number of aryl methyl sites for hydroxylation is 1. The molecule has 2 heterocycles. The van der Waals surface area contributed by atoms with Crippen molar-refractivity contribution in [3.63, 3.8) is 0 Å². The SMILES string of the molecule is Cc1cc(Cl)cn2c(C(C)O)c(C(C)(C)C)nc12. The van der Waals surface area contributed by atoms with Crippen LogP contribution in [0.25, 0.3) is 5.65 Å². The molecule has 1 atom stereocenters. The summed E-state index contributed by atoms with van der Waals surface area (Å²) in [5, 5.41) is 10.7. The number of aliphatic hydroxyl groups is 1. The topological polar surface area (TPSA) is 37.5 Å². The molecule has 0 spiro atoms. The zero-order valence-electron chi connectivity index (χ0n) is 11.5. The summed E-state index contributed by atoms with van der Waals surface area (Å²) in [5.74, 6) is 0. The van der Waals surface area contributed by atoms with Crippen LogP contribution in [0.5, 0.6) is 0 Å². The Bertz CT molecular complexity index is 594. The predicted octanol–water partition coefficient (Wildman–Crippen LogP) is 3.65. The third-order valence-corrected chi connectivity index (χ3v) is 3.22. The van der Waals surface area contributed by atoms with E-state index in [4.69, 9.17) is 16.6 Å². The standard InChI is InChI=1S/C14H19ClN2O/c1-8-6-10(15)7-17-11(9(2)18)12(14(3,4)5)16-13(8)17/h6-7,9,18H,1-5H3. The second kappa shape index (κ2) is 4.25. The first-order chi connectivity index (χ1) is 8.21. The highest BCUT2D eigenvalue weighted by atomic mass is 35.5. The summed E-state index contributed by atoms with van der Waals surface area (Å²) in [4.78, 5) is 4.69. The van der Waals surface area contributed by atoms with Gasteiger partial charge in [-0.3, -0.25) is 4.40 Å². The number of pyridine rings is 1. The maximum Gasteiger partial charge on any atom is 0.140 e. The number of hydrogen-bond acceptors (Lipinski definition) is 2. The summed E-state index contributed by atoms with van der Waals surface area (Å²) >= 11 is 6.09. The minimum Gasteiger partial charge on any atom is -0.387 e. The Morgan fingerprint density at radius 3 is 2.50 bits per heavy atom. The number of fused-ring (bicyclic) bond motifs is 1. The lowest BCUT2D eigenvalue weighted by Gasteiger charge is -2.19. The number of halogens is 1. The molecule has 0 aliphatic rings. The quantitative estimate of drug-likeness (QED) is 0.856. The maximum absolute atomic E-state index is 10.0. The molecule has 1 unspecified atom stereocenters. The minimum atomic E-state index is -0.577. The molecule has 3 nitrogen and oxygen atoms in total. The summed E-state index contributed by atoms with van der Waals surface area (Å²) in [6, 6.07) is 1.89. The van der Waals surface area contributed by atoms with E-state index in [0.29, 0.717) is 5.02 Å². The van der Waals surface area contributed by atoms with Crippen molar-refractivity contribution < 1.29 is 5.11 Å². The summed E-state index contributed by atoms with van der Waals surface area (Å²) in [7, 11) is 0. The van der Waals surface area contributed by atoms with E-state index in [2.05, 4.69) is 20.8 Å². The lowest BCUT2D eigenvalue weighted by molar-refractivity contribution is 0.190. The fourth-order valence-electron chi connectivity index (χ4n) is 2.24. The highest BCUT2D eigenvalue weighted by molar-refractivity contribution is 6.30. The molecule has 0 amide bonds. The summed E-state index contributed by atoms with van der Waals surface area (Å²) < 4.78 is 1.91. The third-order valence-electron chi connectivity index (χ3n) is 3.01. The van der Waals surface area contributed by atoms with E-state index in [1.165, 1.54) is 0 Å². The Balaban J connectivity index is 2.89. The van der Waals surface area contributed by atoms with Crippen molar-refractivity contribution in [3.05, 3.63) is 34.2 Å². The zero-order chi connectivity index (χ0) is 13.7. The molecular formula is C14H19ClN2O. The average molecular weight is 267 g/mol. The highest BCUT2D eigenvalue weighted by Crippen LogP contribution is 2.31. The Hall–Kier alpha value is -1.06. The van der Waals surface area contributed by atoms with Gasteiger partial charge in [-0.15, -0.1) is 0 Å². The van der Waals surface area contributed by atoms with Crippen LogP contribution < -0.4 is 0 Å². The molecule has 2 rings (SSSR count). The van der Waals surface area contributed by atoms with Gasteiger partial charge >= 0.3 is 0 Å². The van der Waals surface area contributed by atoms with Crippen LogP contribution in [0.4, 0.5) is 0 Å². The molecule has 0 aliphatic heterocycles. The van der Waals surface area contributed by atoms with E-state index >= 15 is 0 Å². The molecule has 0 radical (unpaired) electrons. The molecule has 0 fully saturated rings. The summed E-state index contributed by atoms with van der Waals surface area (Å²) in [6.45, 7) is 10.0. The molecule has 1 N–H and O–H groups in total. The number of rotatable bonds is 1. The molecule has 0 bridgehead atoms. The Morgan fingerprint density at radius 1 is 1.39 bits per heavy atom. The van der Waals surface area contributed by atoms with Gasteiger partial charge in [0.2, 0.25) is 0 Å². The van der Waals surface area contributed by atoms with Crippen LogP contribution >= 0.6 is 11.6 Å². The van der Waals surface area contributed by atoms with Crippen LogP contribution in [0, 0.1) is 6.92 Å². The van der Waals surface area contributed by atoms with Crippen LogP contribution in [0.1, 0.15) is 50.8 Å². The lowest BCUT2D eigenvalue weighted by atomic mass is 9.89. The van der Waals surface area contributed by atoms with Gasteiger partial charge in [0.15, 0.2) is 0 Å². The largest absolute Gasteiger partial charge is 0.387 e. The molecule has 0 saturated heterocycles. The summed E-state index contributed by atoms with van der Waals surface area (Å²) in [6.07, 6.45) is 1.24. The van der Waals surface area contributed by atoms with Gasteiger partial charge in [0.1, 0.15) is 5.65 Å². The minimum absolute atomic E-state index is 0.114. The van der Waals surface area contributed by atoms with Gasteiger partial charge in [0.25, 0.3) is 0 Å². The van der Waals surface area contributed by atoms with Crippen LogP contribution in [0.2, 0.25) is 5.02 Å². The number of aliphatic hydroxyl groups excluding tert-OH is 1. The third kappa shape index (κ3) is 2.13. The molecule has 98 valence electrons. The Morgan fingerprint density at radius 2 is 2.00 bits per heavy atom. The average Bonchev–Trinajstić information content (AvgIpc) is 2.55. The van der Waals surface area contributed by atoms with Crippen molar-refractivity contribution in [1.82, 2.24) is 9.38 Å². The molecule has 0 saturated carbocycles. The smallest absolute Gasteiger partial charge is 0.140 e. The molecule has 2 aromatic heterocycles. The van der Waals surface area contributed by atoms with Crippen LogP contribution in [-0.2, 0) is 5.41 Å². The van der Waals surface area contributed by atoms with Crippen molar-refractivity contribution in [2.24, 2.45) is 0 Å². The molecule has 0 aromatic carbocycles. The second-order valence-corrected chi connectivity index (χ2v) is 6.24. The summed E-state index contributed by atoms with van der Waals surface area (Å²) in [5.41, 5.74) is 3.50. The predicted molar refractivity (Wildman–Crippen MR) is 74.3 cm³/mol. The fourth-order valence-corrected chi connectivity index (χ4v) is 2.50. The molecule has 18 heavy (non-hydrogen) atoms. The van der Waals surface area contributed by atoms with Crippen molar-refractivity contribution in [3.8, 4) is 0 Å². The van der Waals surface area contributed by atoms with Gasteiger partial charge in [-0.05, 0) is 25.5 Å². The maximum atomic E-state index is 10.0. The molecule has 4 heteroatoms. The van der Waals surface area contributed by atoms with E-state index in [1.807, 2.05) is 23.6 Å². The van der Waals surface area contributed by atoms with Gasteiger partial charge in [-0.1, -0.05) is 32.4 Å². The highest BCUT2D eigenvalue weighted by Gasteiger charge is 2.26. The van der Waals surface area contributed by atoms with Crippen LogP contribution in [-0.4, -0.2) is 14.5 Å². The van der Waals surface area contributed by atoms with E-state index < -0.39 is 6.10 Å². The van der Waals surface area contributed by atoms with E-state index in [1.54, 1.807) is 6.92 Å². The number of aromatic nitrogens is 2. The Kier molecular flexibility index (Phi) is 3.16. The van der Waals surface area contributed by atoms with E-state index in [9.17, 15) is 5.11 Å². The van der Waals surface area contributed by atoms with Crippen molar-refractivity contribution in [2.75, 3.05) is 0 Å². The van der Waals surface area contributed by atoms with Gasteiger partial charge in [-0.25, -0.2) is 4.98 Å². The van der Waals surface area contributed by atoms with E-state index in [0.717, 1.165) is 22.6 Å². The number of imidazole rings is 1. The fraction of sp³-hybridized carbons (Fsp3) is 0.500. The van der Waals surface area contributed by atoms with Gasteiger partial charge in [-0.2, -0.15) is 0 Å². The van der Waals surface area contributed by atoms with Crippen molar-refractivity contribution in [1.29, 1.82) is 0 Å².